The van der Waals surface area contributed by atoms with Crippen LogP contribution in [-0.4, -0.2) is 32.2 Å². The number of rotatable bonds is 3. The van der Waals surface area contributed by atoms with Gasteiger partial charge in [0.25, 0.3) is 0 Å². The highest BCUT2D eigenvalue weighted by Gasteiger charge is 2.26. The van der Waals surface area contributed by atoms with Crippen LogP contribution in [0.3, 0.4) is 0 Å². The summed E-state index contributed by atoms with van der Waals surface area (Å²) in [6, 6.07) is 12.4. The Morgan fingerprint density at radius 3 is 2.65 bits per heavy atom. The average Bonchev–Trinajstić information content (AvgIpc) is 3.29. The summed E-state index contributed by atoms with van der Waals surface area (Å²) < 4.78 is 1.72. The fraction of sp³-hybridized carbons (Fsp3) is 0.250. The first-order valence-electron chi connectivity index (χ1n) is 10.3. The van der Waals surface area contributed by atoms with Gasteiger partial charge in [-0.2, -0.15) is 5.10 Å². The standard InChI is InChI=1S/C24H24N6O/c1-14-8-15(2)10-16(9-14)11-20(31)30-7-6-17-12-18(4-5-19(17)30)22-21-23(25)26-13-27-24(21)29(3)28-22/h4-5,8-10,12-13H,6-7,11H2,1-3H3,(H2,25,26,27). The van der Waals surface area contributed by atoms with Gasteiger partial charge in [0, 0.05) is 24.8 Å². The molecule has 3 heterocycles. The van der Waals surface area contributed by atoms with Crippen molar-refractivity contribution in [2.24, 2.45) is 7.05 Å². The second kappa shape index (κ2) is 7.19. The molecular formula is C24H24N6O. The predicted molar refractivity (Wildman–Crippen MR) is 122 cm³/mol. The molecule has 0 radical (unpaired) electrons. The molecular weight excluding hydrogens is 388 g/mol. The number of hydrogen-bond acceptors (Lipinski definition) is 5. The molecule has 0 fully saturated rings. The van der Waals surface area contributed by atoms with E-state index < -0.39 is 0 Å². The third kappa shape index (κ3) is 3.32. The molecule has 0 bridgehead atoms. The Hall–Kier alpha value is -3.74. The van der Waals surface area contributed by atoms with Crippen molar-refractivity contribution in [3.05, 3.63) is 65.0 Å². The van der Waals surface area contributed by atoms with Crippen LogP contribution in [0.25, 0.3) is 22.3 Å². The van der Waals surface area contributed by atoms with Gasteiger partial charge in [0.2, 0.25) is 5.91 Å². The number of nitrogens with zero attached hydrogens (tertiary/aromatic N) is 5. The fourth-order valence-corrected chi connectivity index (χ4v) is 4.56. The van der Waals surface area contributed by atoms with Gasteiger partial charge in [0.15, 0.2) is 5.65 Å². The average molecular weight is 412 g/mol. The van der Waals surface area contributed by atoms with E-state index in [1.54, 1.807) is 4.68 Å². The number of anilines is 2. The maximum atomic E-state index is 13.1. The van der Waals surface area contributed by atoms with E-state index in [9.17, 15) is 4.79 Å². The number of aryl methyl sites for hydroxylation is 3. The van der Waals surface area contributed by atoms with Crippen molar-refractivity contribution in [1.82, 2.24) is 19.7 Å². The SMILES string of the molecule is Cc1cc(C)cc(CC(=O)N2CCc3cc(-c4nn(C)c5ncnc(N)c45)ccc32)c1. The number of hydrogen-bond donors (Lipinski definition) is 1. The van der Waals surface area contributed by atoms with E-state index in [1.165, 1.54) is 17.5 Å². The molecule has 1 amide bonds. The number of carbonyl (C=O) groups excluding carboxylic acids is 1. The third-order valence-electron chi connectivity index (χ3n) is 5.84. The maximum Gasteiger partial charge on any atom is 0.231 e. The van der Waals surface area contributed by atoms with Crippen molar-refractivity contribution < 1.29 is 4.79 Å². The minimum absolute atomic E-state index is 0.123. The van der Waals surface area contributed by atoms with Crippen molar-refractivity contribution >= 4 is 28.4 Å². The molecule has 2 N–H and O–H groups in total. The van der Waals surface area contributed by atoms with Crippen molar-refractivity contribution in [2.45, 2.75) is 26.7 Å². The Morgan fingerprint density at radius 1 is 1.10 bits per heavy atom. The molecule has 0 unspecified atom stereocenters. The predicted octanol–water partition coefficient (Wildman–Crippen LogP) is 3.36. The van der Waals surface area contributed by atoms with E-state index in [-0.39, 0.29) is 5.91 Å². The molecule has 1 aliphatic heterocycles. The number of fused-ring (bicyclic) bond motifs is 2. The quantitative estimate of drug-likeness (QED) is 0.557. The number of carbonyl (C=O) groups is 1. The number of nitrogen functional groups attached to an aromatic ring is 1. The van der Waals surface area contributed by atoms with E-state index in [2.05, 4.69) is 53.2 Å². The molecule has 0 spiro atoms. The second-order valence-corrected chi connectivity index (χ2v) is 8.24. The zero-order valence-corrected chi connectivity index (χ0v) is 17.9. The molecule has 1 aliphatic rings. The zero-order chi connectivity index (χ0) is 21.7. The smallest absolute Gasteiger partial charge is 0.231 e. The molecule has 2 aromatic heterocycles. The van der Waals surface area contributed by atoms with E-state index in [4.69, 9.17) is 5.73 Å². The van der Waals surface area contributed by atoms with E-state index in [1.807, 2.05) is 24.1 Å². The summed E-state index contributed by atoms with van der Waals surface area (Å²) >= 11 is 0. The van der Waals surface area contributed by atoms with Gasteiger partial charge in [-0.3, -0.25) is 4.79 Å². The van der Waals surface area contributed by atoms with Crippen LogP contribution in [0.1, 0.15) is 22.3 Å². The molecule has 0 aliphatic carbocycles. The lowest BCUT2D eigenvalue weighted by Crippen LogP contribution is -2.30. The van der Waals surface area contributed by atoms with Gasteiger partial charge in [0.1, 0.15) is 17.8 Å². The molecule has 0 atom stereocenters. The zero-order valence-electron chi connectivity index (χ0n) is 17.9. The van der Waals surface area contributed by atoms with Crippen molar-refractivity contribution in [2.75, 3.05) is 17.2 Å². The van der Waals surface area contributed by atoms with Gasteiger partial charge in [-0.1, -0.05) is 35.4 Å². The molecule has 7 nitrogen and oxygen atoms in total. The first-order chi connectivity index (χ1) is 14.9. The van der Waals surface area contributed by atoms with Crippen molar-refractivity contribution in [3.63, 3.8) is 0 Å². The van der Waals surface area contributed by atoms with Gasteiger partial charge in [-0.25, -0.2) is 14.6 Å². The van der Waals surface area contributed by atoms with E-state index >= 15 is 0 Å². The lowest BCUT2D eigenvalue weighted by Gasteiger charge is -2.18. The normalized spacial score (nSPS) is 13.1. The molecule has 0 saturated carbocycles. The molecule has 2 aromatic carbocycles. The third-order valence-corrected chi connectivity index (χ3v) is 5.84. The largest absolute Gasteiger partial charge is 0.383 e. The summed E-state index contributed by atoms with van der Waals surface area (Å²) in [6.45, 7) is 4.82. The number of nitrogens with two attached hydrogens (primary N) is 1. The van der Waals surface area contributed by atoms with Crippen molar-refractivity contribution in [3.8, 4) is 11.3 Å². The van der Waals surface area contributed by atoms with Crippen LogP contribution in [-0.2, 0) is 24.7 Å². The summed E-state index contributed by atoms with van der Waals surface area (Å²) in [6.07, 6.45) is 2.67. The van der Waals surface area contributed by atoms with Crippen LogP contribution < -0.4 is 10.6 Å². The Bertz CT molecular complexity index is 1320. The highest BCUT2D eigenvalue weighted by atomic mass is 16.2. The molecule has 7 heteroatoms. The Balaban J connectivity index is 1.46. The first-order valence-corrected chi connectivity index (χ1v) is 10.3. The number of benzene rings is 2. The van der Waals surface area contributed by atoms with E-state index in [0.717, 1.165) is 39.9 Å². The highest BCUT2D eigenvalue weighted by molar-refractivity contribution is 6.00. The molecule has 156 valence electrons. The Morgan fingerprint density at radius 2 is 1.87 bits per heavy atom. The molecule has 0 saturated heterocycles. The number of amides is 1. The van der Waals surface area contributed by atoms with Crippen LogP contribution >= 0.6 is 0 Å². The minimum Gasteiger partial charge on any atom is -0.383 e. The van der Waals surface area contributed by atoms with Crippen LogP contribution in [0.15, 0.2) is 42.7 Å². The lowest BCUT2D eigenvalue weighted by atomic mass is 10.0. The molecule has 31 heavy (non-hydrogen) atoms. The van der Waals surface area contributed by atoms with Crippen LogP contribution in [0.4, 0.5) is 11.5 Å². The summed E-state index contributed by atoms with van der Waals surface area (Å²) in [5, 5.41) is 5.38. The van der Waals surface area contributed by atoms with Crippen molar-refractivity contribution in [1.29, 1.82) is 0 Å². The number of aromatic nitrogens is 4. The van der Waals surface area contributed by atoms with Gasteiger partial charge < -0.3 is 10.6 Å². The Labute approximate surface area is 180 Å². The minimum atomic E-state index is 0.123. The van der Waals surface area contributed by atoms with Gasteiger partial charge in [-0.15, -0.1) is 0 Å². The molecule has 4 aromatic rings. The van der Waals surface area contributed by atoms with Gasteiger partial charge >= 0.3 is 0 Å². The van der Waals surface area contributed by atoms with Gasteiger partial charge in [-0.05, 0) is 43.5 Å². The molecule has 5 rings (SSSR count). The van der Waals surface area contributed by atoms with Crippen LogP contribution in [0.2, 0.25) is 0 Å². The summed E-state index contributed by atoms with van der Waals surface area (Å²) in [4.78, 5) is 23.4. The van der Waals surface area contributed by atoms with Gasteiger partial charge in [0.05, 0.1) is 11.8 Å². The van der Waals surface area contributed by atoms with Crippen LogP contribution in [0.5, 0.6) is 0 Å². The first kappa shape index (κ1) is 19.2. The van der Waals surface area contributed by atoms with E-state index in [0.29, 0.717) is 24.4 Å². The summed E-state index contributed by atoms with van der Waals surface area (Å²) in [7, 11) is 1.85. The highest BCUT2D eigenvalue weighted by Crippen LogP contribution is 2.35. The topological polar surface area (TPSA) is 89.9 Å². The summed E-state index contributed by atoms with van der Waals surface area (Å²) in [5.41, 5.74) is 14.1. The second-order valence-electron chi connectivity index (χ2n) is 8.24. The lowest BCUT2D eigenvalue weighted by molar-refractivity contribution is -0.117. The van der Waals surface area contributed by atoms with Crippen LogP contribution in [0, 0.1) is 13.8 Å². The summed E-state index contributed by atoms with van der Waals surface area (Å²) in [5.74, 6) is 0.538. The monoisotopic (exact) mass is 412 g/mol. The Kier molecular flexibility index (Phi) is 4.46. The maximum absolute atomic E-state index is 13.1. The fourth-order valence-electron chi connectivity index (χ4n) is 4.56.